The predicted octanol–water partition coefficient (Wildman–Crippen LogP) is 1.49. The minimum Gasteiger partial charge on any atom is -0.508 e. The van der Waals surface area contributed by atoms with Crippen LogP contribution in [0.25, 0.3) is 6.08 Å². The number of phenols is 1. The molecule has 1 aromatic carbocycles. The van der Waals surface area contributed by atoms with Crippen molar-refractivity contribution in [2.24, 2.45) is 0 Å². The third-order valence-electron chi connectivity index (χ3n) is 4.84. The number of carbonyl (C=O) groups is 5. The zero-order valence-corrected chi connectivity index (χ0v) is 19.8. The number of ketones is 1. The van der Waals surface area contributed by atoms with Crippen molar-refractivity contribution in [2.45, 2.75) is 64.6 Å². The molecule has 0 aliphatic carbocycles. The van der Waals surface area contributed by atoms with Crippen LogP contribution < -0.4 is 0 Å². The van der Waals surface area contributed by atoms with Gasteiger partial charge in [-0.1, -0.05) is 18.2 Å². The summed E-state index contributed by atoms with van der Waals surface area (Å²) >= 11 is 0. The van der Waals surface area contributed by atoms with E-state index in [0.717, 1.165) is 20.8 Å². The summed E-state index contributed by atoms with van der Waals surface area (Å²) in [5.74, 6) is -3.21. The lowest BCUT2D eigenvalue weighted by Gasteiger charge is -2.44. The quantitative estimate of drug-likeness (QED) is 0.303. The van der Waals surface area contributed by atoms with Gasteiger partial charge in [0, 0.05) is 34.1 Å². The Bertz CT molecular complexity index is 966. The topological polar surface area (TPSA) is 152 Å². The van der Waals surface area contributed by atoms with Crippen LogP contribution in [0.15, 0.2) is 30.3 Å². The SMILES string of the molecule is CC(=O)OC[C@H]1O[C@@H](CC(=O)/C=C/c2ccc(O)cc2)[C@H](OC(C)=O)[C@@H](OC(C)=O)[C@H]1OC(C)=O. The van der Waals surface area contributed by atoms with E-state index in [9.17, 15) is 29.1 Å². The van der Waals surface area contributed by atoms with Crippen molar-refractivity contribution in [1.29, 1.82) is 0 Å². The molecule has 190 valence electrons. The van der Waals surface area contributed by atoms with E-state index in [1.807, 2.05) is 0 Å². The summed E-state index contributed by atoms with van der Waals surface area (Å²) < 4.78 is 26.9. The van der Waals surface area contributed by atoms with Crippen LogP contribution in [0.4, 0.5) is 0 Å². The number of ether oxygens (including phenoxy) is 5. The summed E-state index contributed by atoms with van der Waals surface area (Å²) in [6, 6.07) is 6.13. The molecule has 35 heavy (non-hydrogen) atoms. The zero-order valence-electron chi connectivity index (χ0n) is 19.8. The molecule has 5 atom stereocenters. The fourth-order valence-electron chi connectivity index (χ4n) is 3.52. The molecule has 0 bridgehead atoms. The van der Waals surface area contributed by atoms with Gasteiger partial charge in [0.15, 0.2) is 24.1 Å². The second-order valence-electron chi connectivity index (χ2n) is 7.83. The van der Waals surface area contributed by atoms with E-state index in [2.05, 4.69) is 0 Å². The van der Waals surface area contributed by atoms with Crippen molar-refractivity contribution in [3.63, 3.8) is 0 Å². The number of hydrogen-bond acceptors (Lipinski definition) is 11. The van der Waals surface area contributed by atoms with E-state index in [-0.39, 0.29) is 18.8 Å². The third kappa shape index (κ3) is 8.85. The zero-order chi connectivity index (χ0) is 26.1. The highest BCUT2D eigenvalue weighted by atomic mass is 16.7. The third-order valence-corrected chi connectivity index (χ3v) is 4.84. The van der Waals surface area contributed by atoms with Gasteiger partial charge in [0.25, 0.3) is 0 Å². The summed E-state index contributed by atoms with van der Waals surface area (Å²) in [5, 5.41) is 9.37. The normalized spacial score (nSPS) is 23.8. The molecule has 1 aromatic rings. The van der Waals surface area contributed by atoms with Crippen molar-refractivity contribution >= 4 is 35.7 Å². The van der Waals surface area contributed by atoms with Crippen LogP contribution in [0.2, 0.25) is 0 Å². The fraction of sp³-hybridized carbons (Fsp3) is 0.458. The minimum absolute atomic E-state index is 0.0750. The molecule has 1 aliphatic heterocycles. The van der Waals surface area contributed by atoms with Crippen LogP contribution in [-0.4, -0.2) is 71.9 Å². The molecule has 1 N–H and O–H groups in total. The Labute approximate surface area is 201 Å². The number of phenolic OH excluding ortho intramolecular Hbond substituents is 1. The Morgan fingerprint density at radius 3 is 1.83 bits per heavy atom. The Hall–Kier alpha value is -3.73. The summed E-state index contributed by atoms with van der Waals surface area (Å²) in [5.41, 5.74) is 0.651. The van der Waals surface area contributed by atoms with Crippen LogP contribution in [0, 0.1) is 0 Å². The van der Waals surface area contributed by atoms with Gasteiger partial charge in [0.05, 0.1) is 0 Å². The standard InChI is InChI=1S/C24H28O11/c1-13(25)31-12-21-23(33-15(3)27)24(34-16(4)28)22(32-14(2)26)20(35-21)11-19(30)10-7-17-5-8-18(29)9-6-17/h5-10,20-24,29H,11-12H2,1-4H3/b10-7+/t20-,21+,22-,23-,24+/m0/s1. The van der Waals surface area contributed by atoms with Crippen molar-refractivity contribution in [3.05, 3.63) is 35.9 Å². The second-order valence-corrected chi connectivity index (χ2v) is 7.83. The Balaban J connectivity index is 2.35. The first kappa shape index (κ1) is 27.5. The van der Waals surface area contributed by atoms with Gasteiger partial charge in [-0.2, -0.15) is 0 Å². The predicted molar refractivity (Wildman–Crippen MR) is 119 cm³/mol. The molecule has 0 aromatic heterocycles. The average molecular weight is 492 g/mol. The molecule has 0 radical (unpaired) electrons. The number of benzene rings is 1. The summed E-state index contributed by atoms with van der Waals surface area (Å²) in [6.07, 6.45) is -3.63. The molecular weight excluding hydrogens is 464 g/mol. The molecule has 2 rings (SSSR count). The maximum absolute atomic E-state index is 12.7. The molecule has 0 spiro atoms. The Morgan fingerprint density at radius 1 is 0.800 bits per heavy atom. The van der Waals surface area contributed by atoms with Crippen LogP contribution >= 0.6 is 0 Å². The van der Waals surface area contributed by atoms with E-state index in [1.165, 1.54) is 31.2 Å². The van der Waals surface area contributed by atoms with Crippen LogP contribution in [0.1, 0.15) is 39.7 Å². The molecule has 0 saturated carbocycles. The van der Waals surface area contributed by atoms with Gasteiger partial charge in [0.2, 0.25) is 0 Å². The van der Waals surface area contributed by atoms with Crippen molar-refractivity contribution in [3.8, 4) is 5.75 Å². The monoisotopic (exact) mass is 492 g/mol. The first-order valence-electron chi connectivity index (χ1n) is 10.8. The Kier molecular flexibility index (Phi) is 9.95. The van der Waals surface area contributed by atoms with Gasteiger partial charge in [-0.25, -0.2) is 0 Å². The maximum Gasteiger partial charge on any atom is 0.303 e. The molecule has 11 heteroatoms. The molecule has 1 fully saturated rings. The lowest BCUT2D eigenvalue weighted by atomic mass is 9.91. The second kappa shape index (κ2) is 12.7. The number of esters is 4. The summed E-state index contributed by atoms with van der Waals surface area (Å²) in [4.78, 5) is 59.5. The van der Waals surface area contributed by atoms with Gasteiger partial charge >= 0.3 is 23.9 Å². The molecule has 11 nitrogen and oxygen atoms in total. The van der Waals surface area contributed by atoms with E-state index < -0.39 is 60.2 Å². The average Bonchev–Trinajstić information content (AvgIpc) is 2.75. The smallest absolute Gasteiger partial charge is 0.303 e. The summed E-state index contributed by atoms with van der Waals surface area (Å²) in [7, 11) is 0. The van der Waals surface area contributed by atoms with Crippen molar-refractivity contribution < 1.29 is 52.8 Å². The number of carbonyl (C=O) groups excluding carboxylic acids is 5. The van der Waals surface area contributed by atoms with Crippen molar-refractivity contribution in [2.75, 3.05) is 6.61 Å². The van der Waals surface area contributed by atoms with Crippen LogP contribution in [0.3, 0.4) is 0 Å². The maximum atomic E-state index is 12.7. The number of allylic oxidation sites excluding steroid dienone is 1. The van der Waals surface area contributed by atoms with Crippen LogP contribution in [0.5, 0.6) is 5.75 Å². The lowest BCUT2D eigenvalue weighted by Crippen LogP contribution is -2.62. The highest BCUT2D eigenvalue weighted by Crippen LogP contribution is 2.31. The molecule has 0 unspecified atom stereocenters. The molecule has 1 heterocycles. The molecule has 1 saturated heterocycles. The van der Waals surface area contributed by atoms with Gasteiger partial charge in [-0.3, -0.25) is 24.0 Å². The van der Waals surface area contributed by atoms with Gasteiger partial charge < -0.3 is 28.8 Å². The first-order chi connectivity index (χ1) is 16.5. The summed E-state index contributed by atoms with van der Waals surface area (Å²) in [6.45, 7) is 4.17. The van der Waals surface area contributed by atoms with E-state index in [0.29, 0.717) is 5.56 Å². The highest BCUT2D eigenvalue weighted by Gasteiger charge is 2.52. The van der Waals surface area contributed by atoms with Gasteiger partial charge in [-0.05, 0) is 23.8 Å². The number of aromatic hydroxyl groups is 1. The van der Waals surface area contributed by atoms with Crippen LogP contribution in [-0.2, 0) is 47.7 Å². The molecule has 1 aliphatic rings. The number of hydrogen-bond donors (Lipinski definition) is 1. The van der Waals surface area contributed by atoms with Gasteiger partial charge in [0.1, 0.15) is 24.6 Å². The molecule has 0 amide bonds. The highest BCUT2D eigenvalue weighted by molar-refractivity contribution is 5.94. The van der Waals surface area contributed by atoms with E-state index >= 15 is 0 Å². The minimum atomic E-state index is -1.33. The number of rotatable bonds is 9. The van der Waals surface area contributed by atoms with E-state index in [1.54, 1.807) is 12.1 Å². The first-order valence-corrected chi connectivity index (χ1v) is 10.8. The van der Waals surface area contributed by atoms with E-state index in [4.69, 9.17) is 23.7 Å². The Morgan fingerprint density at radius 2 is 1.31 bits per heavy atom. The molecular formula is C24H28O11. The van der Waals surface area contributed by atoms with Gasteiger partial charge in [-0.15, -0.1) is 0 Å². The largest absolute Gasteiger partial charge is 0.508 e. The lowest BCUT2D eigenvalue weighted by molar-refractivity contribution is -0.252. The van der Waals surface area contributed by atoms with Crippen molar-refractivity contribution in [1.82, 2.24) is 0 Å². The fourth-order valence-corrected chi connectivity index (χ4v) is 3.52.